The maximum absolute atomic E-state index is 12.8. The first-order valence-electron chi connectivity index (χ1n) is 11.6. The molecule has 1 heterocycles. The molecule has 0 saturated carbocycles. The van der Waals surface area contributed by atoms with Gasteiger partial charge in [-0.3, -0.25) is 9.52 Å². The average Bonchev–Trinajstić information content (AvgIpc) is 3.39. The molecule has 1 amide bonds. The van der Waals surface area contributed by atoms with Crippen LogP contribution in [0.25, 0.3) is 11.3 Å². The predicted octanol–water partition coefficient (Wildman–Crippen LogP) is 5.30. The first kappa shape index (κ1) is 27.0. The third kappa shape index (κ3) is 6.42. The van der Waals surface area contributed by atoms with Gasteiger partial charge in [-0.05, 0) is 79.6 Å². The fourth-order valence-corrected chi connectivity index (χ4v) is 5.29. The zero-order valence-corrected chi connectivity index (χ0v) is 23.0. The highest BCUT2D eigenvalue weighted by atomic mass is 32.2. The van der Waals surface area contributed by atoms with E-state index in [0.717, 1.165) is 27.5 Å². The summed E-state index contributed by atoms with van der Waals surface area (Å²) in [6.45, 7) is 3.60. The van der Waals surface area contributed by atoms with Crippen LogP contribution in [0, 0.1) is 13.8 Å². The second-order valence-electron chi connectivity index (χ2n) is 8.42. The van der Waals surface area contributed by atoms with E-state index in [4.69, 9.17) is 9.47 Å². The summed E-state index contributed by atoms with van der Waals surface area (Å²) in [5.41, 5.74) is 4.63. The van der Waals surface area contributed by atoms with Crippen molar-refractivity contribution in [2.24, 2.45) is 0 Å². The van der Waals surface area contributed by atoms with Gasteiger partial charge in [-0.15, -0.1) is 11.3 Å². The molecule has 198 valence electrons. The quantitative estimate of drug-likeness (QED) is 0.244. The van der Waals surface area contributed by atoms with Crippen LogP contribution in [0.3, 0.4) is 0 Å². The van der Waals surface area contributed by atoms with E-state index in [1.54, 1.807) is 31.3 Å². The number of anilines is 3. The van der Waals surface area contributed by atoms with Crippen molar-refractivity contribution in [3.8, 4) is 22.8 Å². The van der Waals surface area contributed by atoms with Crippen molar-refractivity contribution < 1.29 is 22.7 Å². The van der Waals surface area contributed by atoms with E-state index in [1.165, 1.54) is 42.7 Å². The Morgan fingerprint density at radius 1 is 1.00 bits per heavy atom. The number of benzene rings is 3. The summed E-state index contributed by atoms with van der Waals surface area (Å²) in [6, 6.07) is 16.6. The molecule has 0 saturated heterocycles. The number of nitrogens with one attached hydrogen (secondary N) is 3. The fourth-order valence-electron chi connectivity index (χ4n) is 3.56. The fraction of sp³-hybridized carbons (Fsp3) is 0.185. The van der Waals surface area contributed by atoms with Gasteiger partial charge < -0.3 is 20.1 Å². The number of carbonyl (C=O) groups excluding carboxylic acids is 1. The van der Waals surface area contributed by atoms with E-state index >= 15 is 0 Å². The number of hydrogen-bond acceptors (Lipinski definition) is 8. The van der Waals surface area contributed by atoms with Crippen molar-refractivity contribution in [1.82, 2.24) is 4.98 Å². The third-order valence-corrected chi connectivity index (χ3v) is 8.01. The molecule has 1 aromatic heterocycles. The van der Waals surface area contributed by atoms with Crippen LogP contribution in [0.2, 0.25) is 0 Å². The Bertz CT molecular complexity index is 1550. The zero-order valence-electron chi connectivity index (χ0n) is 21.4. The largest absolute Gasteiger partial charge is 0.495 e. The number of sulfonamides is 1. The van der Waals surface area contributed by atoms with Crippen molar-refractivity contribution in [3.63, 3.8) is 0 Å². The molecule has 38 heavy (non-hydrogen) atoms. The first-order valence-corrected chi connectivity index (χ1v) is 14.0. The molecule has 0 radical (unpaired) electrons. The van der Waals surface area contributed by atoms with Gasteiger partial charge in [0.25, 0.3) is 15.9 Å². The van der Waals surface area contributed by atoms with E-state index in [9.17, 15) is 13.2 Å². The summed E-state index contributed by atoms with van der Waals surface area (Å²) < 4.78 is 39.0. The molecule has 0 aliphatic carbocycles. The Hall–Kier alpha value is -4.09. The number of thiazole rings is 1. The van der Waals surface area contributed by atoms with Gasteiger partial charge in [0.15, 0.2) is 11.7 Å². The predicted molar refractivity (Wildman–Crippen MR) is 151 cm³/mol. The van der Waals surface area contributed by atoms with Crippen LogP contribution >= 0.6 is 11.3 Å². The van der Waals surface area contributed by atoms with Gasteiger partial charge in [0.05, 0.1) is 23.4 Å². The molecule has 3 aromatic carbocycles. The SMILES string of the molecule is CNc1nc(-c2ccc(OC)c(NC(=O)COc3ccc(S(=O)(=O)Nc4ccc(C)c(C)c4)cc3)c2)cs1. The van der Waals surface area contributed by atoms with Crippen LogP contribution in [0.5, 0.6) is 11.5 Å². The zero-order chi connectivity index (χ0) is 27.3. The van der Waals surface area contributed by atoms with Gasteiger partial charge in [0.2, 0.25) is 0 Å². The van der Waals surface area contributed by atoms with Gasteiger partial charge in [0.1, 0.15) is 11.5 Å². The van der Waals surface area contributed by atoms with Crippen molar-refractivity contribution in [2.45, 2.75) is 18.7 Å². The van der Waals surface area contributed by atoms with E-state index < -0.39 is 15.9 Å². The molecule has 4 aromatic rings. The number of hydrogen-bond donors (Lipinski definition) is 3. The molecule has 11 heteroatoms. The molecule has 0 bridgehead atoms. The Morgan fingerprint density at radius 2 is 1.76 bits per heavy atom. The lowest BCUT2D eigenvalue weighted by Gasteiger charge is -2.13. The molecule has 3 N–H and O–H groups in total. The highest BCUT2D eigenvalue weighted by molar-refractivity contribution is 7.92. The standard InChI is InChI=1S/C27H28N4O5S2/c1-17-5-7-20(13-18(17)2)31-38(33,34)22-10-8-21(9-11-22)36-15-26(32)29-23-14-19(6-12-25(23)35-4)24-16-37-27(28-3)30-24/h5-14,16,31H,15H2,1-4H3,(H,28,30)(H,29,32). The van der Waals surface area contributed by atoms with Gasteiger partial charge in [-0.25, -0.2) is 13.4 Å². The van der Waals surface area contributed by atoms with Crippen LogP contribution in [-0.4, -0.2) is 40.1 Å². The topological polar surface area (TPSA) is 119 Å². The Balaban J connectivity index is 1.38. The summed E-state index contributed by atoms with van der Waals surface area (Å²) in [5, 5.41) is 8.51. The molecule has 0 aliphatic heterocycles. The van der Waals surface area contributed by atoms with Crippen molar-refractivity contribution in [2.75, 3.05) is 36.1 Å². The van der Waals surface area contributed by atoms with Crippen molar-refractivity contribution in [3.05, 3.63) is 77.2 Å². The van der Waals surface area contributed by atoms with E-state index in [2.05, 4.69) is 20.3 Å². The molecule has 0 fully saturated rings. The molecule has 0 aliphatic rings. The minimum atomic E-state index is -3.77. The van der Waals surface area contributed by atoms with E-state index in [-0.39, 0.29) is 11.5 Å². The Labute approximate surface area is 225 Å². The summed E-state index contributed by atoms with van der Waals surface area (Å²) in [5.74, 6) is 0.452. The lowest BCUT2D eigenvalue weighted by atomic mass is 10.1. The second kappa shape index (κ2) is 11.5. The summed E-state index contributed by atoms with van der Waals surface area (Å²) in [4.78, 5) is 17.2. The number of rotatable bonds is 10. The summed E-state index contributed by atoms with van der Waals surface area (Å²) in [6.07, 6.45) is 0. The smallest absolute Gasteiger partial charge is 0.262 e. The molecule has 9 nitrogen and oxygen atoms in total. The van der Waals surface area contributed by atoms with E-state index in [1.807, 2.05) is 31.4 Å². The first-order chi connectivity index (χ1) is 18.2. The number of carbonyl (C=O) groups is 1. The summed E-state index contributed by atoms with van der Waals surface area (Å²) in [7, 11) is -0.449. The molecular formula is C27H28N4O5S2. The van der Waals surface area contributed by atoms with Gasteiger partial charge in [-0.2, -0.15) is 0 Å². The van der Waals surface area contributed by atoms with Crippen molar-refractivity contribution in [1.29, 1.82) is 0 Å². The maximum atomic E-state index is 12.8. The molecule has 4 rings (SSSR count). The number of amides is 1. The minimum Gasteiger partial charge on any atom is -0.495 e. The van der Waals surface area contributed by atoms with Crippen LogP contribution in [0.1, 0.15) is 11.1 Å². The van der Waals surface area contributed by atoms with Gasteiger partial charge >= 0.3 is 0 Å². The molecule has 0 unspecified atom stereocenters. The van der Waals surface area contributed by atoms with Crippen LogP contribution in [-0.2, 0) is 14.8 Å². The van der Waals surface area contributed by atoms with Crippen LogP contribution in [0.4, 0.5) is 16.5 Å². The lowest BCUT2D eigenvalue weighted by Crippen LogP contribution is -2.20. The number of methoxy groups -OCH3 is 1. The van der Waals surface area contributed by atoms with Crippen LogP contribution < -0.4 is 24.8 Å². The van der Waals surface area contributed by atoms with Crippen molar-refractivity contribution >= 4 is 43.8 Å². The summed E-state index contributed by atoms with van der Waals surface area (Å²) >= 11 is 1.48. The van der Waals surface area contributed by atoms with E-state index in [0.29, 0.717) is 22.9 Å². The number of ether oxygens (including phenoxy) is 2. The van der Waals surface area contributed by atoms with Gasteiger partial charge in [-0.1, -0.05) is 6.07 Å². The Morgan fingerprint density at radius 3 is 2.42 bits per heavy atom. The number of aryl methyl sites for hydroxylation is 2. The molecule has 0 atom stereocenters. The maximum Gasteiger partial charge on any atom is 0.262 e. The average molecular weight is 553 g/mol. The number of nitrogens with zero attached hydrogens (tertiary/aromatic N) is 1. The van der Waals surface area contributed by atoms with Crippen LogP contribution in [0.15, 0.2) is 70.9 Å². The Kier molecular flexibility index (Phi) is 8.18. The molecule has 0 spiro atoms. The minimum absolute atomic E-state index is 0.0811. The second-order valence-corrected chi connectivity index (χ2v) is 11.0. The monoisotopic (exact) mass is 552 g/mol. The highest BCUT2D eigenvalue weighted by Crippen LogP contribution is 2.32. The number of aromatic nitrogens is 1. The normalized spacial score (nSPS) is 11.1. The van der Waals surface area contributed by atoms with Gasteiger partial charge in [0, 0.05) is 23.7 Å². The highest BCUT2D eigenvalue weighted by Gasteiger charge is 2.16. The third-order valence-electron chi connectivity index (χ3n) is 5.75. The lowest BCUT2D eigenvalue weighted by molar-refractivity contribution is -0.118. The molecular weight excluding hydrogens is 524 g/mol.